The van der Waals surface area contributed by atoms with E-state index in [4.69, 9.17) is 5.73 Å². The van der Waals surface area contributed by atoms with Crippen LogP contribution in [0.5, 0.6) is 0 Å². The zero-order valence-corrected chi connectivity index (χ0v) is 12.9. The maximum atomic E-state index is 13.2. The van der Waals surface area contributed by atoms with Crippen molar-refractivity contribution in [3.8, 4) is 0 Å². The Bertz CT molecular complexity index is 514. The molecule has 3 rings (SSSR count). The molecule has 114 valence electrons. The van der Waals surface area contributed by atoms with Crippen LogP contribution in [0.1, 0.15) is 56.1 Å². The summed E-state index contributed by atoms with van der Waals surface area (Å²) in [7, 11) is 0. The normalized spacial score (nSPS) is 29.0. The Labute approximate surface area is 127 Å². The maximum absolute atomic E-state index is 13.2. The second kappa shape index (κ2) is 6.18. The van der Waals surface area contributed by atoms with Crippen molar-refractivity contribution in [2.75, 3.05) is 6.54 Å². The van der Waals surface area contributed by atoms with Gasteiger partial charge in [0.15, 0.2) is 0 Å². The number of nitrogens with two attached hydrogens (primary N) is 1. The van der Waals surface area contributed by atoms with E-state index in [-0.39, 0.29) is 12.0 Å². The fourth-order valence-electron chi connectivity index (χ4n) is 4.11. The van der Waals surface area contributed by atoms with Gasteiger partial charge < -0.3 is 10.6 Å². The van der Waals surface area contributed by atoms with Crippen LogP contribution in [0.2, 0.25) is 0 Å². The van der Waals surface area contributed by atoms with Crippen molar-refractivity contribution in [2.24, 2.45) is 5.73 Å². The van der Waals surface area contributed by atoms with Gasteiger partial charge in [-0.3, -0.25) is 4.79 Å². The molecule has 3 unspecified atom stereocenters. The van der Waals surface area contributed by atoms with Crippen LogP contribution in [0.15, 0.2) is 24.3 Å². The van der Waals surface area contributed by atoms with Gasteiger partial charge in [0.25, 0.3) is 0 Å². The average molecular weight is 286 g/mol. The van der Waals surface area contributed by atoms with Crippen LogP contribution < -0.4 is 5.73 Å². The number of carbonyl (C=O) groups is 1. The number of piperidine rings is 1. The van der Waals surface area contributed by atoms with E-state index >= 15 is 0 Å². The molecule has 3 nitrogen and oxygen atoms in total. The van der Waals surface area contributed by atoms with Crippen LogP contribution in [-0.2, 0) is 11.2 Å². The summed E-state index contributed by atoms with van der Waals surface area (Å²) in [6, 6.07) is 9.02. The third-order valence-electron chi connectivity index (χ3n) is 5.22. The highest BCUT2D eigenvalue weighted by Crippen LogP contribution is 2.35. The molecule has 1 aromatic rings. The van der Waals surface area contributed by atoms with Crippen LogP contribution in [0.25, 0.3) is 0 Å². The van der Waals surface area contributed by atoms with E-state index in [1.165, 1.54) is 17.5 Å². The van der Waals surface area contributed by atoms with Gasteiger partial charge in [0, 0.05) is 18.6 Å². The Morgan fingerprint density at radius 1 is 1.24 bits per heavy atom. The Morgan fingerprint density at radius 2 is 2.05 bits per heavy atom. The Balaban J connectivity index is 1.88. The molecule has 0 bridgehead atoms. The molecule has 3 heteroatoms. The predicted molar refractivity (Wildman–Crippen MR) is 85.1 cm³/mol. The van der Waals surface area contributed by atoms with Crippen molar-refractivity contribution in [2.45, 2.75) is 63.5 Å². The predicted octanol–water partition coefficient (Wildman–Crippen LogP) is 2.83. The van der Waals surface area contributed by atoms with Crippen LogP contribution in [0.3, 0.4) is 0 Å². The van der Waals surface area contributed by atoms with Crippen molar-refractivity contribution < 1.29 is 4.79 Å². The smallest absolute Gasteiger partial charge is 0.230 e. The van der Waals surface area contributed by atoms with E-state index in [2.05, 4.69) is 36.1 Å². The number of carbonyl (C=O) groups excluding carboxylic acids is 1. The number of hydrogen-bond acceptors (Lipinski definition) is 2. The molecule has 0 spiro atoms. The quantitative estimate of drug-likeness (QED) is 0.908. The fraction of sp³-hybridized carbons (Fsp3) is 0.611. The fourth-order valence-corrected chi connectivity index (χ4v) is 4.11. The van der Waals surface area contributed by atoms with Crippen molar-refractivity contribution in [3.05, 3.63) is 35.4 Å². The molecular formula is C18H26N2O. The summed E-state index contributed by atoms with van der Waals surface area (Å²) in [5, 5.41) is 0. The van der Waals surface area contributed by atoms with Gasteiger partial charge in [-0.1, -0.05) is 24.3 Å². The second-order valence-corrected chi connectivity index (χ2v) is 6.56. The van der Waals surface area contributed by atoms with E-state index in [1.54, 1.807) is 0 Å². The lowest BCUT2D eigenvalue weighted by Crippen LogP contribution is -2.53. The monoisotopic (exact) mass is 286 g/mol. The van der Waals surface area contributed by atoms with E-state index in [0.29, 0.717) is 18.5 Å². The second-order valence-electron chi connectivity index (χ2n) is 6.56. The van der Waals surface area contributed by atoms with Gasteiger partial charge in [-0.25, -0.2) is 0 Å². The van der Waals surface area contributed by atoms with Crippen molar-refractivity contribution in [1.82, 2.24) is 4.90 Å². The lowest BCUT2D eigenvalue weighted by atomic mass is 9.81. The summed E-state index contributed by atoms with van der Waals surface area (Å²) >= 11 is 0. The zero-order valence-electron chi connectivity index (χ0n) is 12.9. The summed E-state index contributed by atoms with van der Waals surface area (Å²) < 4.78 is 0. The van der Waals surface area contributed by atoms with Crippen LogP contribution in [-0.4, -0.2) is 29.4 Å². The molecule has 2 aliphatic rings. The van der Waals surface area contributed by atoms with E-state index < -0.39 is 0 Å². The number of nitrogens with zero attached hydrogens (tertiary/aromatic N) is 1. The topological polar surface area (TPSA) is 46.3 Å². The minimum absolute atomic E-state index is 0.0459. The molecule has 1 amide bonds. The molecular weight excluding hydrogens is 260 g/mol. The van der Waals surface area contributed by atoms with Crippen LogP contribution in [0.4, 0.5) is 0 Å². The number of amides is 1. The van der Waals surface area contributed by atoms with Crippen molar-refractivity contribution in [3.63, 3.8) is 0 Å². The molecule has 0 aromatic heterocycles. The van der Waals surface area contributed by atoms with Crippen molar-refractivity contribution in [1.29, 1.82) is 0 Å². The molecule has 1 aromatic carbocycles. The molecule has 1 aliphatic carbocycles. The third kappa shape index (κ3) is 2.71. The summed E-state index contributed by atoms with van der Waals surface area (Å²) in [6.07, 6.45) is 6.56. The number of fused-ring (bicyclic) bond motifs is 1. The molecule has 1 aliphatic heterocycles. The van der Waals surface area contributed by atoms with Gasteiger partial charge >= 0.3 is 0 Å². The number of benzene rings is 1. The molecule has 0 radical (unpaired) electrons. The number of likely N-dealkylation sites (tertiary alicyclic amines) is 1. The first-order chi connectivity index (χ1) is 10.2. The van der Waals surface area contributed by atoms with Crippen LogP contribution in [0, 0.1) is 0 Å². The molecule has 2 N–H and O–H groups in total. The molecule has 0 saturated carbocycles. The Kier molecular flexibility index (Phi) is 4.29. The van der Waals surface area contributed by atoms with Gasteiger partial charge in [0.2, 0.25) is 5.91 Å². The average Bonchev–Trinajstić information content (AvgIpc) is 2.53. The summed E-state index contributed by atoms with van der Waals surface area (Å²) in [6.45, 7) is 2.76. The largest absolute Gasteiger partial charge is 0.335 e. The first-order valence-electron chi connectivity index (χ1n) is 8.32. The molecule has 1 fully saturated rings. The SMILES string of the molecule is CC1CCCC(CN)N1C(=O)C1CCCc2ccccc21. The van der Waals surface area contributed by atoms with E-state index in [1.807, 2.05) is 0 Å². The summed E-state index contributed by atoms with van der Waals surface area (Å²) in [4.78, 5) is 15.3. The zero-order chi connectivity index (χ0) is 14.8. The highest BCUT2D eigenvalue weighted by atomic mass is 16.2. The Morgan fingerprint density at radius 3 is 2.86 bits per heavy atom. The number of aryl methyl sites for hydroxylation is 1. The Hall–Kier alpha value is -1.35. The maximum Gasteiger partial charge on any atom is 0.230 e. The molecule has 21 heavy (non-hydrogen) atoms. The minimum Gasteiger partial charge on any atom is -0.335 e. The highest BCUT2D eigenvalue weighted by Gasteiger charge is 2.36. The van der Waals surface area contributed by atoms with Gasteiger partial charge in [-0.15, -0.1) is 0 Å². The molecule has 1 saturated heterocycles. The van der Waals surface area contributed by atoms with E-state index in [9.17, 15) is 4.79 Å². The summed E-state index contributed by atoms with van der Waals surface area (Å²) in [5.41, 5.74) is 8.53. The highest BCUT2D eigenvalue weighted by molar-refractivity contribution is 5.85. The number of hydrogen-bond donors (Lipinski definition) is 1. The van der Waals surface area contributed by atoms with E-state index in [0.717, 1.165) is 32.1 Å². The first-order valence-corrected chi connectivity index (χ1v) is 8.32. The van der Waals surface area contributed by atoms with Gasteiger partial charge in [-0.2, -0.15) is 0 Å². The number of rotatable bonds is 2. The molecule has 1 heterocycles. The van der Waals surface area contributed by atoms with Crippen LogP contribution >= 0.6 is 0 Å². The third-order valence-corrected chi connectivity index (χ3v) is 5.22. The van der Waals surface area contributed by atoms with Gasteiger partial charge in [0.1, 0.15) is 0 Å². The van der Waals surface area contributed by atoms with Crippen molar-refractivity contribution >= 4 is 5.91 Å². The standard InChI is InChI=1S/C18H26N2O/c1-13-6-4-9-15(12-19)20(13)18(21)17-11-5-8-14-7-2-3-10-16(14)17/h2-3,7,10,13,15,17H,4-6,8-9,11-12,19H2,1H3. The molecule has 3 atom stereocenters. The summed E-state index contributed by atoms with van der Waals surface area (Å²) in [5.74, 6) is 0.356. The van der Waals surface area contributed by atoms with Gasteiger partial charge in [0.05, 0.1) is 5.92 Å². The lowest BCUT2D eigenvalue weighted by Gasteiger charge is -2.43. The lowest BCUT2D eigenvalue weighted by molar-refractivity contribution is -0.139. The minimum atomic E-state index is 0.0459. The first kappa shape index (κ1) is 14.6. The van der Waals surface area contributed by atoms with Gasteiger partial charge in [-0.05, 0) is 56.6 Å².